The topological polar surface area (TPSA) is 38.1 Å². The zero-order valence-corrected chi connectivity index (χ0v) is 12.1. The number of likely N-dealkylation sites (tertiary alicyclic amines) is 1. The van der Waals surface area contributed by atoms with Crippen LogP contribution in [-0.4, -0.2) is 34.1 Å². The maximum Gasteiger partial charge on any atom is 0.261 e. The molecule has 2 aliphatic heterocycles. The first-order valence-electron chi connectivity index (χ1n) is 7.55. The molecule has 1 fully saturated rings. The quantitative estimate of drug-likeness (QED) is 0.745. The summed E-state index contributed by atoms with van der Waals surface area (Å²) in [7, 11) is 2.14. The SMILES string of the molecule is CN1CCC[C@H]2c3nc4cc(F)ccc4c(=O)n3CC[C@H]21. The summed E-state index contributed by atoms with van der Waals surface area (Å²) in [6.45, 7) is 1.81. The molecule has 0 aliphatic carbocycles. The van der Waals surface area contributed by atoms with Crippen molar-refractivity contribution in [3.8, 4) is 0 Å². The molecule has 0 amide bonds. The van der Waals surface area contributed by atoms with Crippen LogP contribution in [0.5, 0.6) is 0 Å². The van der Waals surface area contributed by atoms with Crippen LogP contribution in [0.15, 0.2) is 23.0 Å². The number of halogens is 1. The number of hydrogen-bond donors (Lipinski definition) is 0. The second kappa shape index (κ2) is 4.63. The molecule has 110 valence electrons. The third-order valence-electron chi connectivity index (χ3n) is 4.98. The lowest BCUT2D eigenvalue weighted by atomic mass is 9.84. The molecule has 4 rings (SSSR count). The van der Waals surface area contributed by atoms with E-state index in [0.29, 0.717) is 23.5 Å². The van der Waals surface area contributed by atoms with E-state index in [1.54, 1.807) is 10.6 Å². The molecule has 1 aromatic heterocycles. The van der Waals surface area contributed by atoms with Gasteiger partial charge >= 0.3 is 0 Å². The van der Waals surface area contributed by atoms with Crippen molar-refractivity contribution < 1.29 is 4.39 Å². The van der Waals surface area contributed by atoms with Crippen LogP contribution in [0.4, 0.5) is 4.39 Å². The van der Waals surface area contributed by atoms with Crippen LogP contribution in [0.1, 0.15) is 31.0 Å². The van der Waals surface area contributed by atoms with Gasteiger partial charge in [0, 0.05) is 24.6 Å². The van der Waals surface area contributed by atoms with Crippen LogP contribution >= 0.6 is 0 Å². The number of nitrogens with zero attached hydrogens (tertiary/aromatic N) is 3. The Balaban J connectivity index is 1.94. The van der Waals surface area contributed by atoms with Crippen molar-refractivity contribution in [1.82, 2.24) is 14.5 Å². The smallest absolute Gasteiger partial charge is 0.261 e. The van der Waals surface area contributed by atoms with Crippen molar-refractivity contribution >= 4 is 10.9 Å². The Kier molecular flexibility index (Phi) is 2.85. The van der Waals surface area contributed by atoms with Crippen LogP contribution in [-0.2, 0) is 6.54 Å². The van der Waals surface area contributed by atoms with Crippen LogP contribution in [0, 0.1) is 5.82 Å². The molecule has 5 heteroatoms. The molecule has 2 aliphatic rings. The van der Waals surface area contributed by atoms with Gasteiger partial charge in [0.1, 0.15) is 11.6 Å². The van der Waals surface area contributed by atoms with Crippen molar-refractivity contribution in [3.05, 3.63) is 40.2 Å². The summed E-state index contributed by atoms with van der Waals surface area (Å²) in [4.78, 5) is 19.7. The van der Waals surface area contributed by atoms with Gasteiger partial charge in [-0.1, -0.05) is 0 Å². The van der Waals surface area contributed by atoms with Gasteiger partial charge in [-0.3, -0.25) is 9.36 Å². The first kappa shape index (κ1) is 13.0. The number of aromatic nitrogens is 2. The summed E-state index contributed by atoms with van der Waals surface area (Å²) < 4.78 is 15.2. The standard InChI is InChI=1S/C16H18FN3O/c1-19-7-2-3-12-14(19)6-8-20-15(12)18-13-9-10(17)4-5-11(13)16(20)21/h4-5,9,12,14H,2-3,6-8H2,1H3/t12-,14-/m1/s1. The molecular weight excluding hydrogens is 269 g/mol. The number of benzene rings is 1. The van der Waals surface area contributed by atoms with Crippen molar-refractivity contribution in [3.63, 3.8) is 0 Å². The average molecular weight is 287 g/mol. The van der Waals surface area contributed by atoms with Crippen molar-refractivity contribution in [1.29, 1.82) is 0 Å². The van der Waals surface area contributed by atoms with Gasteiger partial charge in [-0.2, -0.15) is 0 Å². The van der Waals surface area contributed by atoms with E-state index in [4.69, 9.17) is 0 Å². The average Bonchev–Trinajstić information content (AvgIpc) is 2.47. The Labute approximate surface area is 122 Å². The Morgan fingerprint density at radius 1 is 1.29 bits per heavy atom. The molecule has 21 heavy (non-hydrogen) atoms. The Morgan fingerprint density at radius 2 is 2.14 bits per heavy atom. The summed E-state index contributed by atoms with van der Waals surface area (Å²) in [5.74, 6) is 0.797. The fourth-order valence-corrected chi connectivity index (χ4v) is 3.92. The van der Waals surface area contributed by atoms with Gasteiger partial charge in [0.05, 0.1) is 10.9 Å². The number of likely N-dealkylation sites (N-methyl/N-ethyl adjacent to an activating group) is 1. The number of fused-ring (bicyclic) bond motifs is 4. The van der Waals surface area contributed by atoms with Gasteiger partial charge in [0.15, 0.2) is 0 Å². The van der Waals surface area contributed by atoms with Crippen LogP contribution in [0.2, 0.25) is 0 Å². The molecular formula is C16H18FN3O. The largest absolute Gasteiger partial charge is 0.303 e. The summed E-state index contributed by atoms with van der Waals surface area (Å²) in [5, 5.41) is 0.516. The fourth-order valence-electron chi connectivity index (χ4n) is 3.92. The highest BCUT2D eigenvalue weighted by molar-refractivity contribution is 5.77. The second-order valence-corrected chi connectivity index (χ2v) is 6.17. The minimum Gasteiger partial charge on any atom is -0.303 e. The lowest BCUT2D eigenvalue weighted by Gasteiger charge is -2.42. The van der Waals surface area contributed by atoms with Gasteiger partial charge in [-0.15, -0.1) is 0 Å². The molecule has 0 N–H and O–H groups in total. The van der Waals surface area contributed by atoms with Gasteiger partial charge < -0.3 is 4.90 Å². The van der Waals surface area contributed by atoms with E-state index in [1.165, 1.54) is 12.1 Å². The lowest BCUT2D eigenvalue weighted by Crippen LogP contribution is -2.47. The van der Waals surface area contributed by atoms with E-state index >= 15 is 0 Å². The van der Waals surface area contributed by atoms with Gasteiger partial charge in [-0.05, 0) is 45.0 Å². The van der Waals surface area contributed by atoms with E-state index in [2.05, 4.69) is 16.9 Å². The molecule has 4 nitrogen and oxygen atoms in total. The third kappa shape index (κ3) is 1.91. The first-order chi connectivity index (χ1) is 10.1. The Bertz CT molecular complexity index is 770. The van der Waals surface area contributed by atoms with E-state index in [-0.39, 0.29) is 17.3 Å². The van der Waals surface area contributed by atoms with Crippen LogP contribution < -0.4 is 5.56 Å². The molecule has 1 saturated heterocycles. The predicted octanol–water partition coefficient (Wildman–Crippen LogP) is 2.12. The zero-order valence-electron chi connectivity index (χ0n) is 12.1. The highest BCUT2D eigenvalue weighted by atomic mass is 19.1. The molecule has 0 bridgehead atoms. The normalized spacial score (nSPS) is 25.6. The van der Waals surface area contributed by atoms with Crippen molar-refractivity contribution in [2.24, 2.45) is 0 Å². The van der Waals surface area contributed by atoms with Crippen LogP contribution in [0.25, 0.3) is 10.9 Å². The maximum absolute atomic E-state index is 13.4. The summed E-state index contributed by atoms with van der Waals surface area (Å²) >= 11 is 0. The van der Waals surface area contributed by atoms with E-state index in [0.717, 1.165) is 31.6 Å². The molecule has 2 aromatic rings. The molecule has 0 saturated carbocycles. The second-order valence-electron chi connectivity index (χ2n) is 6.17. The summed E-state index contributed by atoms with van der Waals surface area (Å²) in [6.07, 6.45) is 3.17. The Morgan fingerprint density at radius 3 is 3.00 bits per heavy atom. The summed E-state index contributed by atoms with van der Waals surface area (Å²) in [6, 6.07) is 4.70. The molecule has 0 spiro atoms. The maximum atomic E-state index is 13.4. The van der Waals surface area contributed by atoms with Gasteiger partial charge in [-0.25, -0.2) is 9.37 Å². The predicted molar refractivity (Wildman–Crippen MR) is 79.0 cm³/mol. The zero-order chi connectivity index (χ0) is 14.6. The minimum atomic E-state index is -0.340. The van der Waals surface area contributed by atoms with Crippen molar-refractivity contribution in [2.45, 2.75) is 37.8 Å². The molecule has 1 aromatic carbocycles. The molecule has 2 atom stereocenters. The highest BCUT2D eigenvalue weighted by Gasteiger charge is 2.36. The fraction of sp³-hybridized carbons (Fsp3) is 0.500. The van der Waals surface area contributed by atoms with E-state index < -0.39 is 0 Å². The molecule has 3 heterocycles. The first-order valence-corrected chi connectivity index (χ1v) is 7.55. The number of hydrogen-bond acceptors (Lipinski definition) is 3. The molecule has 0 unspecified atom stereocenters. The minimum absolute atomic E-state index is 0.0262. The molecule has 0 radical (unpaired) electrons. The highest BCUT2D eigenvalue weighted by Crippen LogP contribution is 2.36. The number of piperidine rings is 1. The van der Waals surface area contributed by atoms with E-state index in [9.17, 15) is 9.18 Å². The van der Waals surface area contributed by atoms with Gasteiger partial charge in [0.25, 0.3) is 5.56 Å². The van der Waals surface area contributed by atoms with Crippen LogP contribution in [0.3, 0.4) is 0 Å². The third-order valence-corrected chi connectivity index (χ3v) is 4.98. The van der Waals surface area contributed by atoms with E-state index in [1.807, 2.05) is 0 Å². The monoisotopic (exact) mass is 287 g/mol. The number of rotatable bonds is 0. The van der Waals surface area contributed by atoms with Gasteiger partial charge in [0.2, 0.25) is 0 Å². The Hall–Kier alpha value is -1.75. The lowest BCUT2D eigenvalue weighted by molar-refractivity contribution is 0.123. The summed E-state index contributed by atoms with van der Waals surface area (Å²) in [5.41, 5.74) is 0.460. The van der Waals surface area contributed by atoms with Crippen molar-refractivity contribution in [2.75, 3.05) is 13.6 Å².